The van der Waals surface area contributed by atoms with Gasteiger partial charge in [0, 0.05) is 19.3 Å². The Labute approximate surface area is 156 Å². The van der Waals surface area contributed by atoms with E-state index in [4.69, 9.17) is 0 Å². The maximum absolute atomic E-state index is 13.1. The number of hydrogen-bond acceptors (Lipinski definition) is 3. The third kappa shape index (κ3) is 3.81. The van der Waals surface area contributed by atoms with E-state index in [0.29, 0.717) is 12.2 Å². The number of hydrogen-bond donors (Lipinski definition) is 0. The highest BCUT2D eigenvalue weighted by atomic mass is 19.1. The number of rotatable bonds is 5. The zero-order valence-corrected chi connectivity index (χ0v) is 15.1. The van der Waals surface area contributed by atoms with E-state index >= 15 is 0 Å². The van der Waals surface area contributed by atoms with Gasteiger partial charge in [-0.1, -0.05) is 30.3 Å². The smallest absolute Gasteiger partial charge is 0.332 e. The highest BCUT2D eigenvalue weighted by Gasteiger charge is 2.44. The van der Waals surface area contributed by atoms with Gasteiger partial charge in [-0.25, -0.2) is 9.18 Å². The summed E-state index contributed by atoms with van der Waals surface area (Å²) in [6, 6.07) is 13.4. The number of urea groups is 1. The molecule has 0 aliphatic carbocycles. The fourth-order valence-corrected chi connectivity index (χ4v) is 3.01. The molecule has 0 spiro atoms. The van der Waals surface area contributed by atoms with E-state index in [1.54, 1.807) is 14.0 Å². The van der Waals surface area contributed by atoms with Crippen molar-refractivity contribution < 1.29 is 18.8 Å². The molecule has 2 aromatic rings. The summed E-state index contributed by atoms with van der Waals surface area (Å²) >= 11 is 0. The lowest BCUT2D eigenvalue weighted by Crippen LogP contribution is -2.42. The predicted molar refractivity (Wildman–Crippen MR) is 98.4 cm³/mol. The summed E-state index contributed by atoms with van der Waals surface area (Å²) in [5, 5.41) is 0. The first-order valence-corrected chi connectivity index (χ1v) is 8.56. The van der Waals surface area contributed by atoms with Crippen LogP contribution in [0.3, 0.4) is 0 Å². The van der Waals surface area contributed by atoms with Crippen molar-refractivity contribution in [1.29, 1.82) is 0 Å². The number of imide groups is 1. The molecule has 140 valence electrons. The van der Waals surface area contributed by atoms with Crippen molar-refractivity contribution >= 4 is 23.5 Å². The second kappa shape index (κ2) is 7.57. The van der Waals surface area contributed by atoms with Crippen molar-refractivity contribution in [2.75, 3.05) is 18.5 Å². The van der Waals surface area contributed by atoms with E-state index < -0.39 is 23.8 Å². The molecule has 0 saturated carbocycles. The fourth-order valence-electron chi connectivity index (χ4n) is 3.01. The Morgan fingerprint density at radius 3 is 2.33 bits per heavy atom. The van der Waals surface area contributed by atoms with Crippen LogP contribution in [0.25, 0.3) is 0 Å². The van der Waals surface area contributed by atoms with Crippen LogP contribution in [-0.2, 0) is 16.1 Å². The van der Waals surface area contributed by atoms with Gasteiger partial charge in [-0.15, -0.1) is 0 Å². The van der Waals surface area contributed by atoms with Gasteiger partial charge in [0.15, 0.2) is 0 Å². The molecule has 6 nitrogen and oxygen atoms in total. The van der Waals surface area contributed by atoms with Crippen LogP contribution in [0.15, 0.2) is 54.6 Å². The SMILES string of the molecule is C[C@H]1C(=O)N(CC(=O)N(C)Cc2ccccc2)C(=O)N1c1ccc(F)cc1. The second-order valence-electron chi connectivity index (χ2n) is 6.46. The van der Waals surface area contributed by atoms with Gasteiger partial charge < -0.3 is 4.90 Å². The number of carbonyl (C=O) groups excluding carboxylic acids is 3. The van der Waals surface area contributed by atoms with Crippen LogP contribution in [0.4, 0.5) is 14.9 Å². The van der Waals surface area contributed by atoms with Gasteiger partial charge in [0.2, 0.25) is 5.91 Å². The standard InChI is InChI=1S/C20H20FN3O3/c1-14-19(26)23(20(27)24(14)17-10-8-16(21)9-11-17)13-18(25)22(2)12-15-6-4-3-5-7-15/h3-11,14H,12-13H2,1-2H3/t14-/m0/s1. The first-order chi connectivity index (χ1) is 12.9. The van der Waals surface area contributed by atoms with E-state index in [9.17, 15) is 18.8 Å². The molecule has 1 fully saturated rings. The van der Waals surface area contributed by atoms with Crippen LogP contribution < -0.4 is 4.90 Å². The molecule has 0 radical (unpaired) electrons. The van der Waals surface area contributed by atoms with Crippen LogP contribution in [0.2, 0.25) is 0 Å². The number of likely N-dealkylation sites (N-methyl/N-ethyl adjacent to an activating group) is 1. The molecule has 2 aromatic carbocycles. The van der Waals surface area contributed by atoms with Gasteiger partial charge in [0.1, 0.15) is 18.4 Å². The number of carbonyl (C=O) groups is 3. The van der Waals surface area contributed by atoms with Crippen molar-refractivity contribution in [3.63, 3.8) is 0 Å². The first kappa shape index (κ1) is 18.6. The third-order valence-corrected chi connectivity index (χ3v) is 4.53. The molecule has 4 amide bonds. The Bertz CT molecular complexity index is 855. The molecule has 1 aliphatic heterocycles. The normalized spacial score (nSPS) is 16.8. The summed E-state index contributed by atoms with van der Waals surface area (Å²) < 4.78 is 13.1. The number of amides is 4. The predicted octanol–water partition coefficient (Wildman–Crippen LogP) is 2.64. The number of anilines is 1. The molecule has 7 heteroatoms. The van der Waals surface area contributed by atoms with E-state index in [-0.39, 0.29) is 12.5 Å². The van der Waals surface area contributed by atoms with Crippen LogP contribution in [-0.4, -0.2) is 47.3 Å². The Kier molecular flexibility index (Phi) is 5.21. The number of nitrogens with zero attached hydrogens (tertiary/aromatic N) is 3. The Morgan fingerprint density at radius 1 is 1.07 bits per heavy atom. The van der Waals surface area contributed by atoms with Crippen molar-refractivity contribution in [1.82, 2.24) is 9.80 Å². The lowest BCUT2D eigenvalue weighted by molar-refractivity contribution is -0.136. The third-order valence-electron chi connectivity index (χ3n) is 4.53. The Hall–Kier alpha value is -3.22. The summed E-state index contributed by atoms with van der Waals surface area (Å²) in [5.74, 6) is -1.22. The van der Waals surface area contributed by atoms with Crippen molar-refractivity contribution in [3.8, 4) is 0 Å². The molecule has 3 rings (SSSR count). The van der Waals surface area contributed by atoms with Crippen molar-refractivity contribution in [3.05, 3.63) is 66.0 Å². The zero-order valence-electron chi connectivity index (χ0n) is 15.1. The van der Waals surface area contributed by atoms with E-state index in [0.717, 1.165) is 10.5 Å². The van der Waals surface area contributed by atoms with Crippen LogP contribution in [0, 0.1) is 5.82 Å². The Morgan fingerprint density at radius 2 is 1.70 bits per heavy atom. The summed E-state index contributed by atoms with van der Waals surface area (Å²) in [4.78, 5) is 41.4. The molecule has 27 heavy (non-hydrogen) atoms. The maximum Gasteiger partial charge on any atom is 0.332 e. The molecule has 1 saturated heterocycles. The van der Waals surface area contributed by atoms with E-state index in [1.807, 2.05) is 30.3 Å². The quantitative estimate of drug-likeness (QED) is 0.762. The lowest BCUT2D eigenvalue weighted by Gasteiger charge is -2.21. The van der Waals surface area contributed by atoms with Crippen LogP contribution in [0.1, 0.15) is 12.5 Å². The highest BCUT2D eigenvalue weighted by molar-refractivity contribution is 6.15. The van der Waals surface area contributed by atoms with Crippen LogP contribution >= 0.6 is 0 Å². The van der Waals surface area contributed by atoms with Gasteiger partial charge >= 0.3 is 6.03 Å². The molecule has 1 heterocycles. The largest absolute Gasteiger partial charge is 0.340 e. The maximum atomic E-state index is 13.1. The van der Waals surface area contributed by atoms with Crippen LogP contribution in [0.5, 0.6) is 0 Å². The minimum atomic E-state index is -0.754. The van der Waals surface area contributed by atoms with Crippen molar-refractivity contribution in [2.45, 2.75) is 19.5 Å². The van der Waals surface area contributed by atoms with Gasteiger partial charge in [-0.3, -0.25) is 19.4 Å². The molecule has 0 unspecified atom stereocenters. The van der Waals surface area contributed by atoms with E-state index in [1.165, 1.54) is 34.1 Å². The number of halogens is 1. The molecular formula is C20H20FN3O3. The highest BCUT2D eigenvalue weighted by Crippen LogP contribution is 2.26. The molecular weight excluding hydrogens is 349 g/mol. The minimum absolute atomic E-state index is 0.330. The minimum Gasteiger partial charge on any atom is -0.340 e. The number of benzene rings is 2. The average molecular weight is 369 g/mol. The average Bonchev–Trinajstić information content (AvgIpc) is 2.87. The van der Waals surface area contributed by atoms with Gasteiger partial charge in [-0.05, 0) is 36.8 Å². The molecule has 0 bridgehead atoms. The molecule has 0 N–H and O–H groups in total. The summed E-state index contributed by atoms with van der Waals surface area (Å²) in [6.07, 6.45) is 0. The fraction of sp³-hybridized carbons (Fsp3) is 0.250. The topological polar surface area (TPSA) is 60.9 Å². The van der Waals surface area contributed by atoms with Gasteiger partial charge in [0.05, 0.1) is 0 Å². The zero-order chi connectivity index (χ0) is 19.6. The second-order valence-corrected chi connectivity index (χ2v) is 6.46. The molecule has 1 atom stereocenters. The van der Waals surface area contributed by atoms with E-state index in [2.05, 4.69) is 0 Å². The summed E-state index contributed by atoms with van der Waals surface area (Å²) in [5.41, 5.74) is 1.36. The molecule has 1 aliphatic rings. The van der Waals surface area contributed by atoms with Gasteiger partial charge in [-0.2, -0.15) is 0 Å². The molecule has 0 aromatic heterocycles. The summed E-state index contributed by atoms with van der Waals surface area (Å²) in [6.45, 7) is 1.64. The van der Waals surface area contributed by atoms with Crippen molar-refractivity contribution in [2.24, 2.45) is 0 Å². The summed E-state index contributed by atoms with van der Waals surface area (Å²) in [7, 11) is 1.63. The monoisotopic (exact) mass is 369 g/mol. The lowest BCUT2D eigenvalue weighted by atomic mass is 10.2. The first-order valence-electron chi connectivity index (χ1n) is 8.56. The van der Waals surface area contributed by atoms with Gasteiger partial charge in [0.25, 0.3) is 5.91 Å². The Balaban J connectivity index is 1.71.